The molecule has 11 heteroatoms. The number of carbonyl (C=O) groups is 1. The molecule has 4 rings (SSSR count). The van der Waals surface area contributed by atoms with E-state index in [4.69, 9.17) is 9.47 Å². The van der Waals surface area contributed by atoms with Crippen LogP contribution < -0.4 is 9.64 Å². The summed E-state index contributed by atoms with van der Waals surface area (Å²) in [6.45, 7) is 4.37. The number of fused-ring (bicyclic) bond motifs is 1. The number of hydrogen-bond acceptors (Lipinski definition) is 6. The summed E-state index contributed by atoms with van der Waals surface area (Å²) in [7, 11) is 1.41. The molecule has 2 aliphatic rings. The van der Waals surface area contributed by atoms with Crippen molar-refractivity contribution in [3.63, 3.8) is 0 Å². The molecule has 3 heterocycles. The van der Waals surface area contributed by atoms with Gasteiger partial charge in [0.2, 0.25) is 0 Å². The molecule has 2 aliphatic heterocycles. The van der Waals surface area contributed by atoms with Crippen molar-refractivity contribution in [2.75, 3.05) is 38.2 Å². The van der Waals surface area contributed by atoms with Gasteiger partial charge < -0.3 is 19.3 Å². The summed E-state index contributed by atoms with van der Waals surface area (Å²) < 4.78 is 64.7. The Morgan fingerprint density at radius 1 is 1.18 bits per heavy atom. The van der Waals surface area contributed by atoms with Gasteiger partial charge in [-0.15, -0.1) is 0 Å². The highest BCUT2D eigenvalue weighted by Gasteiger charge is 2.37. The molecular weight excluding hydrogens is 444 g/mol. The summed E-state index contributed by atoms with van der Waals surface area (Å²) in [5, 5.41) is 0. The summed E-state index contributed by atoms with van der Waals surface area (Å²) in [5.41, 5.74) is 0.509. The number of piperazine rings is 1. The van der Waals surface area contributed by atoms with E-state index in [0.29, 0.717) is 30.2 Å². The van der Waals surface area contributed by atoms with E-state index in [0.717, 1.165) is 6.07 Å². The smallest absolute Gasteiger partial charge is 0.416 e. The lowest BCUT2D eigenvalue weighted by molar-refractivity contribution is -0.139. The predicted molar refractivity (Wildman–Crippen MR) is 110 cm³/mol. The van der Waals surface area contributed by atoms with Crippen LogP contribution in [0, 0.1) is 0 Å². The maximum atomic E-state index is 13.5. The molecule has 1 aromatic heterocycles. The molecule has 33 heavy (non-hydrogen) atoms. The molecule has 2 aromatic rings. The third-order valence-electron chi connectivity index (χ3n) is 5.75. The zero-order valence-electron chi connectivity index (χ0n) is 17.9. The Bertz CT molecular complexity index is 1070. The van der Waals surface area contributed by atoms with Crippen molar-refractivity contribution in [1.29, 1.82) is 0 Å². The highest BCUT2D eigenvalue weighted by Crippen LogP contribution is 2.40. The zero-order chi connectivity index (χ0) is 23.8. The maximum Gasteiger partial charge on any atom is 0.416 e. The van der Waals surface area contributed by atoms with Gasteiger partial charge in [0.15, 0.2) is 5.83 Å². The molecule has 0 spiro atoms. The van der Waals surface area contributed by atoms with Crippen LogP contribution in [0.4, 0.5) is 23.4 Å². The fourth-order valence-electron chi connectivity index (χ4n) is 4.11. The first-order chi connectivity index (χ1) is 15.7. The molecule has 0 radical (unpaired) electrons. The number of halogens is 4. The molecule has 1 aromatic carbocycles. The van der Waals surface area contributed by atoms with E-state index in [9.17, 15) is 22.4 Å². The second kappa shape index (κ2) is 8.97. The van der Waals surface area contributed by atoms with E-state index < -0.39 is 29.6 Å². The van der Waals surface area contributed by atoms with E-state index >= 15 is 0 Å². The van der Waals surface area contributed by atoms with Gasteiger partial charge in [-0.1, -0.05) is 24.8 Å². The van der Waals surface area contributed by atoms with Crippen LogP contribution in [-0.4, -0.2) is 54.1 Å². The number of aromatic nitrogens is 2. The molecule has 7 nitrogen and oxygen atoms in total. The summed E-state index contributed by atoms with van der Waals surface area (Å²) in [6, 6.07) is 5.42. The molecule has 1 amide bonds. The summed E-state index contributed by atoms with van der Waals surface area (Å²) in [5.74, 6) is -1.22. The number of ether oxygens (including phenoxy) is 2. The Morgan fingerprint density at radius 2 is 1.88 bits per heavy atom. The van der Waals surface area contributed by atoms with Crippen LogP contribution in [0.5, 0.6) is 6.01 Å². The quantitative estimate of drug-likeness (QED) is 0.508. The van der Waals surface area contributed by atoms with Crippen LogP contribution in [0.3, 0.4) is 0 Å². The van der Waals surface area contributed by atoms with Crippen molar-refractivity contribution in [1.82, 2.24) is 14.9 Å². The van der Waals surface area contributed by atoms with Crippen molar-refractivity contribution in [3.8, 4) is 6.01 Å². The van der Waals surface area contributed by atoms with Crippen LogP contribution in [-0.2, 0) is 28.7 Å². The van der Waals surface area contributed by atoms with Crippen molar-refractivity contribution in [2.45, 2.75) is 25.3 Å². The Hall–Kier alpha value is -3.21. The van der Waals surface area contributed by atoms with Gasteiger partial charge in [0.25, 0.3) is 5.91 Å². The molecule has 1 atom stereocenters. The minimum absolute atomic E-state index is 0.0198. The topological polar surface area (TPSA) is 67.8 Å². The van der Waals surface area contributed by atoms with E-state index in [2.05, 4.69) is 16.5 Å². The van der Waals surface area contributed by atoms with Crippen LogP contribution in [0.2, 0.25) is 0 Å². The van der Waals surface area contributed by atoms with Crippen LogP contribution in [0.15, 0.2) is 36.7 Å². The maximum absolute atomic E-state index is 13.5. The molecule has 1 unspecified atom stereocenters. The van der Waals surface area contributed by atoms with E-state index in [1.54, 1.807) is 6.07 Å². The lowest BCUT2D eigenvalue weighted by Gasteiger charge is -2.37. The number of rotatable bonds is 4. The van der Waals surface area contributed by atoms with Crippen LogP contribution in [0.25, 0.3) is 0 Å². The van der Waals surface area contributed by atoms with Gasteiger partial charge in [0, 0.05) is 38.2 Å². The van der Waals surface area contributed by atoms with Crippen LogP contribution in [0.1, 0.15) is 28.5 Å². The highest BCUT2D eigenvalue weighted by molar-refractivity contribution is 5.90. The number of methoxy groups -OCH3 is 1. The number of alkyl halides is 3. The zero-order valence-corrected chi connectivity index (χ0v) is 17.9. The number of amides is 1. The number of anilines is 1. The number of carbonyl (C=O) groups excluding carboxylic acids is 1. The lowest BCUT2D eigenvalue weighted by Crippen LogP contribution is -2.49. The second-order valence-electron chi connectivity index (χ2n) is 7.73. The van der Waals surface area contributed by atoms with Gasteiger partial charge in [-0.3, -0.25) is 4.79 Å². The first-order valence-electron chi connectivity index (χ1n) is 10.3. The first kappa shape index (κ1) is 23.0. The minimum atomic E-state index is -4.50. The lowest BCUT2D eigenvalue weighted by atomic mass is 9.95. The highest BCUT2D eigenvalue weighted by atomic mass is 19.4. The minimum Gasteiger partial charge on any atom is -0.467 e. The van der Waals surface area contributed by atoms with Crippen molar-refractivity contribution in [2.24, 2.45) is 0 Å². The molecular formula is C22H22F4N4O3. The Kier molecular flexibility index (Phi) is 6.24. The van der Waals surface area contributed by atoms with Gasteiger partial charge in [-0.2, -0.15) is 23.1 Å². The summed E-state index contributed by atoms with van der Waals surface area (Å²) in [4.78, 5) is 23.9. The van der Waals surface area contributed by atoms with Crippen molar-refractivity contribution in [3.05, 3.63) is 59.1 Å². The van der Waals surface area contributed by atoms with Gasteiger partial charge >= 0.3 is 12.2 Å². The Balaban J connectivity index is 1.61. The van der Waals surface area contributed by atoms with Gasteiger partial charge in [-0.05, 0) is 11.6 Å². The number of hydrogen-bond donors (Lipinski definition) is 0. The van der Waals surface area contributed by atoms with Gasteiger partial charge in [0.1, 0.15) is 5.82 Å². The normalized spacial score (nSPS) is 18.6. The Morgan fingerprint density at radius 3 is 2.52 bits per heavy atom. The molecule has 0 aliphatic carbocycles. The average molecular weight is 466 g/mol. The largest absolute Gasteiger partial charge is 0.467 e. The van der Waals surface area contributed by atoms with Crippen molar-refractivity contribution < 1.29 is 31.8 Å². The molecule has 0 bridgehead atoms. The molecule has 0 saturated carbocycles. The van der Waals surface area contributed by atoms with Crippen molar-refractivity contribution >= 4 is 11.7 Å². The molecule has 1 fully saturated rings. The predicted octanol–water partition coefficient (Wildman–Crippen LogP) is 3.45. The molecule has 176 valence electrons. The third-order valence-corrected chi connectivity index (χ3v) is 5.75. The summed E-state index contributed by atoms with van der Waals surface area (Å²) >= 11 is 0. The number of nitrogens with zero attached hydrogens (tertiary/aromatic N) is 4. The first-order valence-corrected chi connectivity index (χ1v) is 10.3. The third kappa shape index (κ3) is 4.63. The average Bonchev–Trinajstić information content (AvgIpc) is 2.82. The van der Waals surface area contributed by atoms with Gasteiger partial charge in [0.05, 0.1) is 31.1 Å². The monoisotopic (exact) mass is 466 g/mol. The number of benzene rings is 1. The standard InChI is InChI=1S/C22H22F4N4O3/c1-13(23)20(31)30-9-7-29(8-10-30)19-15-12-33-18(11-17(15)27-21(28-19)32-2)14-5-3-4-6-16(14)22(24,25)26/h3-6,18H,1,7-12H2,2H3. The summed E-state index contributed by atoms with van der Waals surface area (Å²) in [6.07, 6.45) is -5.21. The van der Waals surface area contributed by atoms with Crippen LogP contribution >= 0.6 is 0 Å². The van der Waals surface area contributed by atoms with E-state index in [1.165, 1.54) is 24.1 Å². The Labute approximate surface area is 187 Å². The van der Waals surface area contributed by atoms with E-state index in [-0.39, 0.29) is 37.7 Å². The fraction of sp³-hybridized carbons (Fsp3) is 0.409. The molecule has 1 saturated heterocycles. The fourth-order valence-corrected chi connectivity index (χ4v) is 4.11. The molecule has 0 N–H and O–H groups in total. The van der Waals surface area contributed by atoms with E-state index in [1.807, 2.05) is 4.90 Å². The SMILES string of the molecule is C=C(F)C(=O)N1CCN(c2nc(OC)nc3c2COC(c2ccccc2C(F)(F)F)C3)CC1. The van der Waals surface area contributed by atoms with Gasteiger partial charge in [-0.25, -0.2) is 4.39 Å². The second-order valence-corrected chi connectivity index (χ2v) is 7.73.